The topological polar surface area (TPSA) is 41.5 Å². The minimum Gasteiger partial charge on any atom is -0.494 e. The van der Waals surface area contributed by atoms with Gasteiger partial charge in [-0.15, -0.1) is 0 Å². The maximum absolute atomic E-state index is 10.1. The zero-order chi connectivity index (χ0) is 14.4. The third-order valence-corrected chi connectivity index (χ3v) is 3.17. The summed E-state index contributed by atoms with van der Waals surface area (Å²) in [4.78, 5) is 0. The summed E-state index contributed by atoms with van der Waals surface area (Å²) in [7, 11) is 0. The molecular weight excluding hydrogens is 274 g/mol. The second kappa shape index (κ2) is 7.17. The molecule has 2 aromatic rings. The molecule has 20 heavy (non-hydrogen) atoms. The minimum atomic E-state index is -0.571. The summed E-state index contributed by atoms with van der Waals surface area (Å²) >= 11 is 5.82. The van der Waals surface area contributed by atoms with Gasteiger partial charge >= 0.3 is 0 Å². The smallest absolute Gasteiger partial charge is 0.119 e. The summed E-state index contributed by atoms with van der Waals surface area (Å²) in [6.45, 7) is 3.05. The van der Waals surface area contributed by atoms with Gasteiger partial charge in [-0.2, -0.15) is 0 Å². The van der Waals surface area contributed by atoms with Crippen LogP contribution in [0.3, 0.4) is 0 Å². The van der Waals surface area contributed by atoms with Gasteiger partial charge in [0.05, 0.1) is 12.7 Å². The fourth-order valence-corrected chi connectivity index (χ4v) is 1.98. The predicted octanol–water partition coefficient (Wildman–Crippen LogP) is 3.88. The third kappa shape index (κ3) is 4.15. The Labute approximate surface area is 124 Å². The van der Waals surface area contributed by atoms with Crippen LogP contribution in [0.2, 0.25) is 5.02 Å². The monoisotopic (exact) mass is 291 g/mol. The summed E-state index contributed by atoms with van der Waals surface area (Å²) in [6, 6.07) is 14.9. The lowest BCUT2D eigenvalue weighted by molar-refractivity contribution is 0.191. The molecule has 0 aromatic heterocycles. The second-order valence-corrected chi connectivity index (χ2v) is 4.84. The highest BCUT2D eigenvalue weighted by atomic mass is 35.5. The number of aliphatic hydroxyl groups excluding tert-OH is 1. The van der Waals surface area contributed by atoms with E-state index in [1.165, 1.54) is 0 Å². The van der Waals surface area contributed by atoms with Gasteiger partial charge in [0.25, 0.3) is 0 Å². The van der Waals surface area contributed by atoms with E-state index < -0.39 is 6.10 Å². The SMILES string of the molecule is CCOc1ccc(NCC(O)c2ccc(Cl)cc2)cc1. The summed E-state index contributed by atoms with van der Waals surface area (Å²) < 4.78 is 5.38. The lowest BCUT2D eigenvalue weighted by Gasteiger charge is -2.13. The van der Waals surface area contributed by atoms with Gasteiger partial charge in [-0.3, -0.25) is 0 Å². The van der Waals surface area contributed by atoms with Crippen molar-refractivity contribution in [2.24, 2.45) is 0 Å². The Morgan fingerprint density at radius 2 is 1.75 bits per heavy atom. The third-order valence-electron chi connectivity index (χ3n) is 2.92. The van der Waals surface area contributed by atoms with E-state index in [2.05, 4.69) is 5.32 Å². The van der Waals surface area contributed by atoms with Gasteiger partial charge in [0.2, 0.25) is 0 Å². The maximum Gasteiger partial charge on any atom is 0.119 e. The first-order chi connectivity index (χ1) is 9.69. The van der Waals surface area contributed by atoms with Gasteiger partial charge in [0, 0.05) is 17.3 Å². The Hall–Kier alpha value is -1.71. The fraction of sp³-hybridized carbons (Fsp3) is 0.250. The van der Waals surface area contributed by atoms with Gasteiger partial charge in [-0.05, 0) is 48.9 Å². The normalized spacial score (nSPS) is 11.9. The molecule has 106 valence electrons. The van der Waals surface area contributed by atoms with Crippen LogP contribution in [-0.2, 0) is 0 Å². The molecule has 0 saturated carbocycles. The van der Waals surface area contributed by atoms with E-state index >= 15 is 0 Å². The molecule has 0 bridgehead atoms. The largest absolute Gasteiger partial charge is 0.494 e. The second-order valence-electron chi connectivity index (χ2n) is 4.41. The van der Waals surface area contributed by atoms with Crippen LogP contribution in [0.15, 0.2) is 48.5 Å². The van der Waals surface area contributed by atoms with Crippen LogP contribution in [0.25, 0.3) is 0 Å². The molecule has 0 aliphatic rings. The van der Waals surface area contributed by atoms with Crippen molar-refractivity contribution in [2.45, 2.75) is 13.0 Å². The van der Waals surface area contributed by atoms with Gasteiger partial charge in [-0.1, -0.05) is 23.7 Å². The van der Waals surface area contributed by atoms with Crippen molar-refractivity contribution >= 4 is 17.3 Å². The highest BCUT2D eigenvalue weighted by Gasteiger charge is 2.07. The Morgan fingerprint density at radius 3 is 2.35 bits per heavy atom. The molecule has 1 atom stereocenters. The van der Waals surface area contributed by atoms with Crippen molar-refractivity contribution in [3.05, 3.63) is 59.1 Å². The van der Waals surface area contributed by atoms with E-state index in [9.17, 15) is 5.11 Å². The first-order valence-electron chi connectivity index (χ1n) is 6.59. The number of hydrogen-bond acceptors (Lipinski definition) is 3. The molecule has 0 aliphatic heterocycles. The summed E-state index contributed by atoms with van der Waals surface area (Å²) in [6.07, 6.45) is -0.571. The molecule has 0 aliphatic carbocycles. The Kier molecular flexibility index (Phi) is 5.27. The number of halogens is 1. The van der Waals surface area contributed by atoms with E-state index in [-0.39, 0.29) is 0 Å². The van der Waals surface area contributed by atoms with Gasteiger partial charge in [-0.25, -0.2) is 0 Å². The van der Waals surface area contributed by atoms with Crippen molar-refractivity contribution in [3.63, 3.8) is 0 Å². The molecule has 0 saturated heterocycles. The quantitative estimate of drug-likeness (QED) is 0.848. The molecule has 2 N–H and O–H groups in total. The van der Waals surface area contributed by atoms with Crippen LogP contribution in [0, 0.1) is 0 Å². The van der Waals surface area contributed by atoms with Crippen molar-refractivity contribution in [1.82, 2.24) is 0 Å². The molecular formula is C16H18ClNO2. The lowest BCUT2D eigenvalue weighted by Crippen LogP contribution is -2.11. The fourth-order valence-electron chi connectivity index (χ4n) is 1.85. The maximum atomic E-state index is 10.1. The van der Waals surface area contributed by atoms with Crippen LogP contribution < -0.4 is 10.1 Å². The number of ether oxygens (including phenoxy) is 1. The molecule has 0 fully saturated rings. The molecule has 1 unspecified atom stereocenters. The minimum absolute atomic E-state index is 0.440. The molecule has 0 heterocycles. The van der Waals surface area contributed by atoms with Crippen molar-refractivity contribution in [2.75, 3.05) is 18.5 Å². The number of rotatable bonds is 6. The van der Waals surface area contributed by atoms with Crippen molar-refractivity contribution in [3.8, 4) is 5.75 Å². The first-order valence-corrected chi connectivity index (χ1v) is 6.97. The number of aliphatic hydroxyl groups is 1. The van der Waals surface area contributed by atoms with Crippen molar-refractivity contribution in [1.29, 1.82) is 0 Å². The number of anilines is 1. The predicted molar refractivity (Wildman–Crippen MR) is 82.5 cm³/mol. The molecule has 2 aromatic carbocycles. The molecule has 4 heteroatoms. The van der Waals surface area contributed by atoms with Crippen LogP contribution in [0.1, 0.15) is 18.6 Å². The van der Waals surface area contributed by atoms with Crippen LogP contribution in [-0.4, -0.2) is 18.3 Å². The average molecular weight is 292 g/mol. The number of benzene rings is 2. The summed E-state index contributed by atoms with van der Waals surface area (Å²) in [5.74, 6) is 0.844. The summed E-state index contributed by atoms with van der Waals surface area (Å²) in [5, 5.41) is 13.9. The number of hydrogen-bond donors (Lipinski definition) is 2. The van der Waals surface area contributed by atoms with Crippen molar-refractivity contribution < 1.29 is 9.84 Å². The van der Waals surface area contributed by atoms with Gasteiger partial charge in [0.15, 0.2) is 0 Å². The standard InChI is InChI=1S/C16H18ClNO2/c1-2-20-15-9-7-14(8-10-15)18-11-16(19)12-3-5-13(17)6-4-12/h3-10,16,18-19H,2,11H2,1H3. The molecule has 3 nitrogen and oxygen atoms in total. The Bertz CT molecular complexity index is 525. The van der Waals surface area contributed by atoms with E-state index in [1.807, 2.05) is 43.3 Å². The van der Waals surface area contributed by atoms with Crippen LogP contribution in [0.4, 0.5) is 5.69 Å². The van der Waals surface area contributed by atoms with Crippen LogP contribution in [0.5, 0.6) is 5.75 Å². The van der Waals surface area contributed by atoms with Crippen LogP contribution >= 0.6 is 11.6 Å². The highest BCUT2D eigenvalue weighted by Crippen LogP contribution is 2.19. The van der Waals surface area contributed by atoms with E-state index in [0.29, 0.717) is 18.2 Å². The van der Waals surface area contributed by atoms with E-state index in [4.69, 9.17) is 16.3 Å². The highest BCUT2D eigenvalue weighted by molar-refractivity contribution is 6.30. The molecule has 0 spiro atoms. The molecule has 0 radical (unpaired) electrons. The van der Waals surface area contributed by atoms with E-state index in [1.54, 1.807) is 12.1 Å². The van der Waals surface area contributed by atoms with Gasteiger partial charge in [0.1, 0.15) is 5.75 Å². The average Bonchev–Trinajstić information content (AvgIpc) is 2.47. The first kappa shape index (κ1) is 14.7. The Balaban J connectivity index is 1.89. The molecule has 0 amide bonds. The zero-order valence-electron chi connectivity index (χ0n) is 11.3. The number of nitrogens with one attached hydrogen (secondary N) is 1. The van der Waals surface area contributed by atoms with E-state index in [0.717, 1.165) is 17.0 Å². The van der Waals surface area contributed by atoms with Gasteiger partial charge < -0.3 is 15.2 Å². The Morgan fingerprint density at radius 1 is 1.10 bits per heavy atom. The summed E-state index contributed by atoms with van der Waals surface area (Å²) in [5.41, 5.74) is 1.79. The molecule has 2 rings (SSSR count). The lowest BCUT2D eigenvalue weighted by atomic mass is 10.1. The zero-order valence-corrected chi connectivity index (χ0v) is 12.1.